The zero-order valence-electron chi connectivity index (χ0n) is 15.6. The molecule has 25 heavy (non-hydrogen) atoms. The summed E-state index contributed by atoms with van der Waals surface area (Å²) in [5, 5.41) is 20.6. The van der Waals surface area contributed by atoms with E-state index in [-0.39, 0.29) is 23.1 Å². The number of aromatic carboxylic acids is 1. The Kier molecular flexibility index (Phi) is 4.56. The lowest BCUT2D eigenvalue weighted by atomic mass is 9.67. The number of rotatable bonds is 4. The second kappa shape index (κ2) is 6.40. The number of aromatic hydroxyl groups is 1. The van der Waals surface area contributed by atoms with E-state index in [9.17, 15) is 15.0 Å². The Balaban J connectivity index is 2.24. The first-order valence-corrected chi connectivity index (χ1v) is 9.24. The molecular formula is C21H28O4. The zero-order valence-corrected chi connectivity index (χ0v) is 15.6. The highest BCUT2D eigenvalue weighted by Crippen LogP contribution is 2.54. The van der Waals surface area contributed by atoms with Crippen molar-refractivity contribution in [3.63, 3.8) is 0 Å². The molecule has 136 valence electrons. The topological polar surface area (TPSA) is 66.8 Å². The van der Waals surface area contributed by atoms with Gasteiger partial charge in [-0.2, -0.15) is 0 Å². The standard InChI is InChI=1S/C21H28O4/c1-5-6-7-13-11-16(22)18-14-10-12(2)8-9-15(14)21(3,4)25-19(18)17(13)20(23)24/h10-11,14-15,22H,5-9H2,1-4H3,(H,23,24). The molecule has 3 rings (SSSR count). The maximum absolute atomic E-state index is 12.0. The second-order valence-corrected chi connectivity index (χ2v) is 7.97. The van der Waals surface area contributed by atoms with Gasteiger partial charge >= 0.3 is 5.97 Å². The molecule has 1 aromatic carbocycles. The molecule has 0 bridgehead atoms. The molecule has 0 saturated carbocycles. The summed E-state index contributed by atoms with van der Waals surface area (Å²) in [6.07, 6.45) is 6.67. The number of hydrogen-bond acceptors (Lipinski definition) is 3. The fraction of sp³-hybridized carbons (Fsp3) is 0.571. The third kappa shape index (κ3) is 3.03. The Hall–Kier alpha value is -1.97. The monoisotopic (exact) mass is 344 g/mol. The molecule has 0 amide bonds. The molecule has 0 saturated heterocycles. The van der Waals surface area contributed by atoms with Gasteiger partial charge in [0.15, 0.2) is 0 Å². The van der Waals surface area contributed by atoms with Crippen LogP contribution in [0.5, 0.6) is 11.5 Å². The third-order valence-electron chi connectivity index (χ3n) is 5.73. The molecule has 2 unspecified atom stereocenters. The molecule has 2 N–H and O–H groups in total. The van der Waals surface area contributed by atoms with Crippen molar-refractivity contribution in [2.75, 3.05) is 0 Å². The maximum atomic E-state index is 12.0. The predicted octanol–water partition coefficient (Wildman–Crippen LogP) is 5.04. The van der Waals surface area contributed by atoms with Crippen LogP contribution in [-0.4, -0.2) is 21.8 Å². The van der Waals surface area contributed by atoms with Crippen LogP contribution in [0.1, 0.15) is 80.8 Å². The lowest BCUT2D eigenvalue weighted by molar-refractivity contribution is 0.00917. The predicted molar refractivity (Wildman–Crippen MR) is 97.6 cm³/mol. The Morgan fingerprint density at radius 3 is 2.76 bits per heavy atom. The van der Waals surface area contributed by atoms with Crippen LogP contribution in [0.4, 0.5) is 0 Å². The minimum Gasteiger partial charge on any atom is -0.507 e. The second-order valence-electron chi connectivity index (χ2n) is 7.97. The van der Waals surface area contributed by atoms with E-state index >= 15 is 0 Å². The van der Waals surface area contributed by atoms with Gasteiger partial charge in [-0.05, 0) is 58.1 Å². The molecule has 0 radical (unpaired) electrons. The summed E-state index contributed by atoms with van der Waals surface area (Å²) in [4.78, 5) is 12.0. The number of ether oxygens (including phenoxy) is 1. The summed E-state index contributed by atoms with van der Waals surface area (Å²) < 4.78 is 6.25. The third-order valence-corrected chi connectivity index (χ3v) is 5.73. The van der Waals surface area contributed by atoms with Gasteiger partial charge in [0.25, 0.3) is 0 Å². The van der Waals surface area contributed by atoms with Crippen molar-refractivity contribution in [2.24, 2.45) is 5.92 Å². The summed E-state index contributed by atoms with van der Waals surface area (Å²) in [6, 6.07) is 1.65. The Morgan fingerprint density at radius 1 is 1.40 bits per heavy atom. The van der Waals surface area contributed by atoms with E-state index in [1.807, 2.05) is 13.8 Å². The van der Waals surface area contributed by atoms with Gasteiger partial charge in [-0.15, -0.1) is 0 Å². The van der Waals surface area contributed by atoms with Gasteiger partial charge in [-0.3, -0.25) is 0 Å². The molecule has 1 aliphatic heterocycles. The van der Waals surface area contributed by atoms with Crippen molar-refractivity contribution in [1.82, 2.24) is 0 Å². The summed E-state index contributed by atoms with van der Waals surface area (Å²) in [7, 11) is 0. The van der Waals surface area contributed by atoms with E-state index in [1.165, 1.54) is 5.57 Å². The largest absolute Gasteiger partial charge is 0.507 e. The average molecular weight is 344 g/mol. The number of phenols is 1. The van der Waals surface area contributed by atoms with E-state index in [2.05, 4.69) is 19.9 Å². The Bertz CT molecular complexity index is 730. The average Bonchev–Trinajstić information content (AvgIpc) is 2.51. The lowest BCUT2D eigenvalue weighted by Crippen LogP contribution is -2.45. The molecule has 1 aliphatic carbocycles. The highest BCUT2D eigenvalue weighted by molar-refractivity contribution is 5.94. The maximum Gasteiger partial charge on any atom is 0.339 e. The van der Waals surface area contributed by atoms with Crippen LogP contribution in [0.15, 0.2) is 17.7 Å². The van der Waals surface area contributed by atoms with E-state index in [1.54, 1.807) is 6.07 Å². The van der Waals surface area contributed by atoms with Gasteiger partial charge in [0.1, 0.15) is 22.7 Å². The fourth-order valence-corrected chi connectivity index (χ4v) is 4.41. The smallest absolute Gasteiger partial charge is 0.339 e. The molecule has 0 spiro atoms. The number of carboxylic acids is 1. The van der Waals surface area contributed by atoms with Gasteiger partial charge in [0.05, 0.1) is 0 Å². The molecule has 4 nitrogen and oxygen atoms in total. The van der Waals surface area contributed by atoms with Crippen molar-refractivity contribution >= 4 is 5.97 Å². The number of aryl methyl sites for hydroxylation is 1. The van der Waals surface area contributed by atoms with Crippen molar-refractivity contribution < 1.29 is 19.7 Å². The van der Waals surface area contributed by atoms with Gasteiger partial charge in [0, 0.05) is 17.4 Å². The van der Waals surface area contributed by atoms with Crippen molar-refractivity contribution in [1.29, 1.82) is 0 Å². The number of carbonyl (C=O) groups is 1. The van der Waals surface area contributed by atoms with E-state index < -0.39 is 11.6 Å². The Labute approximate surface area is 149 Å². The number of phenolic OH excluding ortho intramolecular Hbond substituents is 1. The zero-order chi connectivity index (χ0) is 18.4. The number of unbranched alkanes of at least 4 members (excludes halogenated alkanes) is 1. The summed E-state index contributed by atoms with van der Waals surface area (Å²) in [5.74, 6) is -0.199. The minimum atomic E-state index is -0.979. The van der Waals surface area contributed by atoms with Gasteiger partial charge in [-0.1, -0.05) is 25.0 Å². The molecule has 2 aliphatic rings. The summed E-state index contributed by atoms with van der Waals surface area (Å²) >= 11 is 0. The molecule has 0 aromatic heterocycles. The highest BCUT2D eigenvalue weighted by Gasteiger charge is 2.47. The van der Waals surface area contributed by atoms with E-state index in [4.69, 9.17) is 4.74 Å². The van der Waals surface area contributed by atoms with Crippen molar-refractivity contribution in [3.05, 3.63) is 34.4 Å². The number of benzene rings is 1. The van der Waals surface area contributed by atoms with E-state index in [0.29, 0.717) is 23.3 Å². The number of carboxylic acid groups (broad SMARTS) is 1. The molecular weight excluding hydrogens is 316 g/mol. The molecule has 1 heterocycles. The van der Waals surface area contributed by atoms with E-state index in [0.717, 1.165) is 25.7 Å². The molecule has 1 aromatic rings. The normalized spacial score (nSPS) is 23.9. The van der Waals surface area contributed by atoms with Crippen LogP contribution >= 0.6 is 0 Å². The Morgan fingerprint density at radius 2 is 2.12 bits per heavy atom. The molecule has 2 atom stereocenters. The summed E-state index contributed by atoms with van der Waals surface area (Å²) in [5.41, 5.74) is 2.37. The molecule has 4 heteroatoms. The number of allylic oxidation sites excluding steroid dienone is 2. The van der Waals surface area contributed by atoms with Crippen molar-refractivity contribution in [3.8, 4) is 11.5 Å². The number of fused-ring (bicyclic) bond motifs is 3. The van der Waals surface area contributed by atoms with Crippen LogP contribution in [0.2, 0.25) is 0 Å². The number of hydrogen-bond donors (Lipinski definition) is 2. The van der Waals surface area contributed by atoms with Gasteiger partial charge < -0.3 is 14.9 Å². The van der Waals surface area contributed by atoms with Gasteiger partial charge in [0.2, 0.25) is 0 Å². The van der Waals surface area contributed by atoms with Crippen molar-refractivity contribution in [2.45, 2.75) is 71.3 Å². The summed E-state index contributed by atoms with van der Waals surface area (Å²) in [6.45, 7) is 8.23. The van der Waals surface area contributed by atoms with Crippen LogP contribution < -0.4 is 4.74 Å². The first-order chi connectivity index (χ1) is 11.8. The fourth-order valence-electron chi connectivity index (χ4n) is 4.41. The lowest BCUT2D eigenvalue weighted by Gasteiger charge is -2.47. The first-order valence-electron chi connectivity index (χ1n) is 9.24. The van der Waals surface area contributed by atoms with Crippen LogP contribution in [0, 0.1) is 5.92 Å². The van der Waals surface area contributed by atoms with Crippen LogP contribution in [-0.2, 0) is 6.42 Å². The van der Waals surface area contributed by atoms with Crippen LogP contribution in [0.25, 0.3) is 0 Å². The quantitative estimate of drug-likeness (QED) is 0.751. The van der Waals surface area contributed by atoms with Crippen LogP contribution in [0.3, 0.4) is 0 Å². The first kappa shape index (κ1) is 17.8. The molecule has 0 fully saturated rings. The SMILES string of the molecule is CCCCc1cc(O)c2c(c1C(=O)O)OC(C)(C)C1CCC(C)=CC21. The highest BCUT2D eigenvalue weighted by atomic mass is 16.5. The van der Waals surface area contributed by atoms with Gasteiger partial charge in [-0.25, -0.2) is 4.79 Å². The minimum absolute atomic E-state index is 0.00539.